The van der Waals surface area contributed by atoms with Crippen LogP contribution in [-0.2, 0) is 10.0 Å². The van der Waals surface area contributed by atoms with Crippen molar-refractivity contribution in [3.8, 4) is 0 Å². The Morgan fingerprint density at radius 2 is 1.96 bits per heavy atom. The van der Waals surface area contributed by atoms with Gasteiger partial charge in [-0.15, -0.1) is 0 Å². The van der Waals surface area contributed by atoms with E-state index in [0.29, 0.717) is 13.1 Å². The molecule has 10 heteroatoms. The number of carbonyl (C=O) groups is 1. The quantitative estimate of drug-likeness (QED) is 0.355. The summed E-state index contributed by atoms with van der Waals surface area (Å²) in [6, 6.07) is 5.84. The van der Waals surface area contributed by atoms with Gasteiger partial charge in [-0.25, -0.2) is 13.1 Å². The van der Waals surface area contributed by atoms with Gasteiger partial charge < -0.3 is 25.6 Å². The Labute approximate surface area is 179 Å². The van der Waals surface area contributed by atoms with Gasteiger partial charge in [0, 0.05) is 31.0 Å². The molecule has 1 aromatic carbocycles. The minimum absolute atomic E-state index is 0. The molecule has 0 aliphatic heterocycles. The molecule has 1 rings (SSSR count). The third-order valence-corrected chi connectivity index (χ3v) is 3.47. The summed E-state index contributed by atoms with van der Waals surface area (Å²) in [5.74, 6) is 0. The maximum atomic E-state index is 11.0. The zero-order valence-corrected chi connectivity index (χ0v) is 17.8. The Morgan fingerprint density at radius 1 is 1.43 bits per heavy atom. The van der Waals surface area contributed by atoms with E-state index in [1.165, 1.54) is 0 Å². The van der Waals surface area contributed by atoms with Crippen LogP contribution in [0.3, 0.4) is 0 Å². The monoisotopic (exact) mass is 371 g/mol. The zero-order valence-electron chi connectivity index (χ0n) is 13.9. The number of carboxylic acid groups (broad SMARTS) is 2. The molecule has 0 saturated carbocycles. The number of nitrogens with one attached hydrogen (secondary N) is 1. The van der Waals surface area contributed by atoms with Crippen molar-refractivity contribution in [2.75, 3.05) is 36.5 Å². The second-order valence-corrected chi connectivity index (χ2v) is 6.39. The number of nitrogen functional groups attached to an aromatic ring is 1. The van der Waals surface area contributed by atoms with Crippen LogP contribution in [0, 0.1) is 6.92 Å². The molecule has 0 radical (unpaired) electrons. The van der Waals surface area contributed by atoms with Crippen molar-refractivity contribution in [2.24, 2.45) is 0 Å². The standard InChI is InChI=1S/C12H21N3O2S.CH2O3.K/c1-4-15(8-7-14-18(3,16)17)11-5-6-12(13)10(2)9-11;2-1(3)4;/h5-6,9,14H,4,7-8,13H2,1-3H3;(H2,2,3,4);/q;;+1/p-1. The molecule has 0 aliphatic rings. The number of hydrogen-bond acceptors (Lipinski definition) is 6. The third kappa shape index (κ3) is 12.7. The van der Waals surface area contributed by atoms with Crippen molar-refractivity contribution < 1.29 is 74.8 Å². The molecule has 0 bridgehead atoms. The molecule has 0 heterocycles. The van der Waals surface area contributed by atoms with Crippen LogP contribution in [0.15, 0.2) is 18.2 Å². The Morgan fingerprint density at radius 3 is 2.35 bits per heavy atom. The zero-order chi connectivity index (χ0) is 17.3. The van der Waals surface area contributed by atoms with Gasteiger partial charge in [-0.3, -0.25) is 0 Å². The van der Waals surface area contributed by atoms with Crippen LogP contribution in [0.1, 0.15) is 12.5 Å². The van der Waals surface area contributed by atoms with Crippen molar-refractivity contribution in [3.63, 3.8) is 0 Å². The van der Waals surface area contributed by atoms with Crippen molar-refractivity contribution >= 4 is 27.6 Å². The summed E-state index contributed by atoms with van der Waals surface area (Å²) < 4.78 is 24.5. The van der Waals surface area contributed by atoms with E-state index >= 15 is 0 Å². The molecular formula is C13H22KN3O5S. The molecule has 0 unspecified atom stereocenters. The van der Waals surface area contributed by atoms with Crippen molar-refractivity contribution in [1.82, 2.24) is 4.72 Å². The van der Waals surface area contributed by atoms with Gasteiger partial charge in [-0.2, -0.15) is 0 Å². The molecule has 0 fully saturated rings. The molecule has 0 saturated heterocycles. The first-order valence-corrected chi connectivity index (χ1v) is 8.41. The fourth-order valence-electron chi connectivity index (χ4n) is 1.69. The number of hydrogen-bond donors (Lipinski definition) is 3. The van der Waals surface area contributed by atoms with Gasteiger partial charge in [-0.1, -0.05) is 0 Å². The minimum atomic E-state index is -3.12. The normalized spacial score (nSPS) is 10.0. The largest absolute Gasteiger partial charge is 1.00 e. The van der Waals surface area contributed by atoms with E-state index in [-0.39, 0.29) is 51.4 Å². The summed E-state index contributed by atoms with van der Waals surface area (Å²) in [4.78, 5) is 10.5. The van der Waals surface area contributed by atoms with Crippen molar-refractivity contribution in [3.05, 3.63) is 23.8 Å². The maximum Gasteiger partial charge on any atom is 1.00 e. The van der Waals surface area contributed by atoms with E-state index < -0.39 is 16.2 Å². The number of nitrogens with zero attached hydrogens (tertiary/aromatic N) is 1. The van der Waals surface area contributed by atoms with E-state index in [9.17, 15) is 8.42 Å². The first-order chi connectivity index (χ1) is 10.1. The Balaban J connectivity index is 0. The van der Waals surface area contributed by atoms with Crippen LogP contribution in [0.2, 0.25) is 0 Å². The molecule has 0 spiro atoms. The molecule has 1 aromatic rings. The topological polar surface area (TPSA) is 136 Å². The predicted molar refractivity (Wildman–Crippen MR) is 84.3 cm³/mol. The first kappa shape index (κ1) is 24.9. The number of benzene rings is 1. The summed E-state index contributed by atoms with van der Waals surface area (Å²) in [7, 11) is -3.12. The molecule has 0 aliphatic carbocycles. The summed E-state index contributed by atoms with van der Waals surface area (Å²) >= 11 is 0. The number of likely N-dealkylation sites (N-methyl/N-ethyl adjacent to an activating group) is 1. The molecule has 4 N–H and O–H groups in total. The number of sulfonamides is 1. The number of nitrogens with two attached hydrogens (primary N) is 1. The maximum absolute atomic E-state index is 11.0. The molecule has 8 nitrogen and oxygen atoms in total. The van der Waals surface area contributed by atoms with E-state index in [4.69, 9.17) is 20.7 Å². The van der Waals surface area contributed by atoms with Crippen LogP contribution in [0.4, 0.5) is 16.2 Å². The fraction of sp³-hybridized carbons (Fsp3) is 0.462. The average molecular weight is 372 g/mol. The second kappa shape index (κ2) is 12.1. The molecule has 23 heavy (non-hydrogen) atoms. The summed E-state index contributed by atoms with van der Waals surface area (Å²) in [5, 5.41) is 15.3. The molecule has 0 aromatic heterocycles. The van der Waals surface area contributed by atoms with Crippen LogP contribution in [0.25, 0.3) is 0 Å². The molecule has 126 valence electrons. The van der Waals surface area contributed by atoms with Crippen molar-refractivity contribution in [1.29, 1.82) is 0 Å². The summed E-state index contributed by atoms with van der Waals surface area (Å²) in [5.41, 5.74) is 8.63. The first-order valence-electron chi connectivity index (χ1n) is 6.52. The van der Waals surface area contributed by atoms with Gasteiger partial charge in [0.05, 0.1) is 6.26 Å². The molecule has 0 amide bonds. The van der Waals surface area contributed by atoms with Gasteiger partial charge in [0.1, 0.15) is 0 Å². The van der Waals surface area contributed by atoms with Gasteiger partial charge in [-0.05, 0) is 37.6 Å². The van der Waals surface area contributed by atoms with Crippen molar-refractivity contribution in [2.45, 2.75) is 13.8 Å². The fourth-order valence-corrected chi connectivity index (χ4v) is 2.15. The number of anilines is 2. The van der Waals surface area contributed by atoms with Crippen LogP contribution in [-0.4, -0.2) is 45.6 Å². The van der Waals surface area contributed by atoms with Crippen LogP contribution < -0.4 is 71.8 Å². The Kier molecular flexibility index (Phi) is 13.1. The van der Waals surface area contributed by atoms with E-state index in [1.54, 1.807) is 0 Å². The van der Waals surface area contributed by atoms with Gasteiger partial charge >= 0.3 is 51.4 Å². The Hall–Kier alpha value is -0.364. The summed E-state index contributed by atoms with van der Waals surface area (Å²) in [6.07, 6.45) is -0.920. The number of aryl methyl sites for hydroxylation is 1. The van der Waals surface area contributed by atoms with Gasteiger partial charge in [0.25, 0.3) is 0 Å². The van der Waals surface area contributed by atoms with Crippen LogP contribution >= 0.6 is 0 Å². The smallest absolute Gasteiger partial charge is 0.565 e. The SMILES string of the molecule is CCN(CCNS(C)(=O)=O)c1ccc(N)c(C)c1.O=C([O-])O.[K+]. The Bertz CT molecular complexity index is 591. The van der Waals surface area contributed by atoms with Crippen LogP contribution in [0.5, 0.6) is 0 Å². The van der Waals surface area contributed by atoms with E-state index in [1.807, 2.05) is 32.0 Å². The van der Waals surface area contributed by atoms with Gasteiger partial charge in [0.2, 0.25) is 16.2 Å². The second-order valence-electron chi connectivity index (χ2n) is 4.55. The molecule has 0 atom stereocenters. The molecular weight excluding hydrogens is 349 g/mol. The average Bonchev–Trinajstić information content (AvgIpc) is 2.36. The predicted octanol–water partition coefficient (Wildman–Crippen LogP) is -3.16. The third-order valence-electron chi connectivity index (χ3n) is 2.75. The van der Waals surface area contributed by atoms with E-state index in [0.717, 1.165) is 29.7 Å². The minimum Gasteiger partial charge on any atom is -0.565 e. The number of rotatable bonds is 6. The summed E-state index contributed by atoms with van der Waals surface area (Å²) in [6.45, 7) is 5.84. The van der Waals surface area contributed by atoms with E-state index in [2.05, 4.69) is 9.62 Å². The van der Waals surface area contributed by atoms with Gasteiger partial charge in [0.15, 0.2) is 0 Å².